The van der Waals surface area contributed by atoms with E-state index in [4.69, 9.17) is 10.5 Å². The first-order valence-electron chi connectivity index (χ1n) is 7.22. The molecule has 0 saturated heterocycles. The summed E-state index contributed by atoms with van der Waals surface area (Å²) in [5.41, 5.74) is 7.51. The van der Waals surface area contributed by atoms with Crippen LogP contribution in [0.1, 0.15) is 52.0 Å². The minimum absolute atomic E-state index is 0.127. The average Bonchev–Trinajstić information content (AvgIpc) is 2.38. The van der Waals surface area contributed by atoms with Crippen molar-refractivity contribution < 1.29 is 4.74 Å². The van der Waals surface area contributed by atoms with Crippen LogP contribution in [0.3, 0.4) is 0 Å². The van der Waals surface area contributed by atoms with E-state index in [1.807, 2.05) is 0 Å². The van der Waals surface area contributed by atoms with Gasteiger partial charge in [0.15, 0.2) is 0 Å². The summed E-state index contributed by atoms with van der Waals surface area (Å²) >= 11 is 0. The lowest BCUT2D eigenvalue weighted by Gasteiger charge is -2.23. The standard InChI is InChI=1S/C16H27NO/c1-4-7-13-9-11-14(12-10-13)18-16(6-3)15(17)8-5-2/h9-12,15-16H,4-8,17H2,1-3H3. The molecule has 1 aromatic carbocycles. The molecule has 0 fully saturated rings. The summed E-state index contributed by atoms with van der Waals surface area (Å²) in [6.45, 7) is 6.49. The molecule has 0 aliphatic heterocycles. The molecule has 2 N–H and O–H groups in total. The van der Waals surface area contributed by atoms with Crippen molar-refractivity contribution in [2.45, 2.75) is 65.0 Å². The van der Waals surface area contributed by atoms with Crippen LogP contribution < -0.4 is 10.5 Å². The zero-order chi connectivity index (χ0) is 13.4. The van der Waals surface area contributed by atoms with Crippen LogP contribution in [0.25, 0.3) is 0 Å². The molecule has 0 aliphatic carbocycles. The second-order valence-corrected chi connectivity index (χ2v) is 4.91. The van der Waals surface area contributed by atoms with E-state index in [9.17, 15) is 0 Å². The molecule has 2 unspecified atom stereocenters. The first-order valence-corrected chi connectivity index (χ1v) is 7.22. The van der Waals surface area contributed by atoms with Crippen molar-refractivity contribution in [3.05, 3.63) is 29.8 Å². The normalized spacial score (nSPS) is 14.2. The largest absolute Gasteiger partial charge is 0.489 e. The van der Waals surface area contributed by atoms with Gasteiger partial charge >= 0.3 is 0 Å². The number of benzene rings is 1. The Balaban J connectivity index is 2.58. The summed E-state index contributed by atoms with van der Waals surface area (Å²) < 4.78 is 5.99. The van der Waals surface area contributed by atoms with Gasteiger partial charge in [-0.25, -0.2) is 0 Å². The van der Waals surface area contributed by atoms with Gasteiger partial charge in [0.1, 0.15) is 11.9 Å². The molecule has 2 atom stereocenters. The van der Waals surface area contributed by atoms with Crippen molar-refractivity contribution in [1.82, 2.24) is 0 Å². The molecular formula is C16H27NO. The number of ether oxygens (including phenoxy) is 1. The summed E-state index contributed by atoms with van der Waals surface area (Å²) in [6, 6.07) is 8.56. The molecule has 0 saturated carbocycles. The van der Waals surface area contributed by atoms with Gasteiger partial charge in [-0.2, -0.15) is 0 Å². The molecule has 0 aromatic heterocycles. The van der Waals surface area contributed by atoms with Crippen LogP contribution in [0.2, 0.25) is 0 Å². The number of hydrogen-bond donors (Lipinski definition) is 1. The molecule has 0 radical (unpaired) electrons. The van der Waals surface area contributed by atoms with Crippen LogP contribution in [-0.4, -0.2) is 12.1 Å². The second kappa shape index (κ2) is 8.15. The SMILES string of the molecule is CCCc1ccc(OC(CC)C(N)CCC)cc1. The first-order chi connectivity index (χ1) is 8.71. The molecule has 1 aromatic rings. The van der Waals surface area contributed by atoms with Crippen LogP contribution >= 0.6 is 0 Å². The third kappa shape index (κ3) is 4.69. The Kier molecular flexibility index (Phi) is 6.81. The Hall–Kier alpha value is -1.02. The molecule has 0 heterocycles. The topological polar surface area (TPSA) is 35.2 Å². The Labute approximate surface area is 112 Å². The Morgan fingerprint density at radius 3 is 2.22 bits per heavy atom. The van der Waals surface area contributed by atoms with Crippen molar-refractivity contribution in [1.29, 1.82) is 0 Å². The van der Waals surface area contributed by atoms with E-state index < -0.39 is 0 Å². The van der Waals surface area contributed by atoms with Crippen molar-refractivity contribution >= 4 is 0 Å². The number of hydrogen-bond acceptors (Lipinski definition) is 2. The fourth-order valence-electron chi connectivity index (χ4n) is 2.19. The number of rotatable bonds is 8. The van der Waals surface area contributed by atoms with Crippen LogP contribution in [0.5, 0.6) is 5.75 Å². The van der Waals surface area contributed by atoms with Gasteiger partial charge in [0.25, 0.3) is 0 Å². The minimum Gasteiger partial charge on any atom is -0.489 e. The molecule has 0 bridgehead atoms. The third-order valence-electron chi connectivity index (χ3n) is 3.25. The van der Waals surface area contributed by atoms with E-state index in [2.05, 4.69) is 45.0 Å². The number of nitrogens with two attached hydrogens (primary N) is 1. The Morgan fingerprint density at radius 1 is 1.06 bits per heavy atom. The maximum Gasteiger partial charge on any atom is 0.119 e. The summed E-state index contributed by atoms with van der Waals surface area (Å²) in [6.07, 6.45) is 5.52. The van der Waals surface area contributed by atoms with Crippen LogP contribution in [0, 0.1) is 0 Å². The number of aryl methyl sites for hydroxylation is 1. The van der Waals surface area contributed by atoms with Gasteiger partial charge in [-0.05, 0) is 37.0 Å². The predicted octanol–water partition coefficient (Wildman–Crippen LogP) is 3.92. The van der Waals surface area contributed by atoms with E-state index in [1.54, 1.807) is 0 Å². The molecule has 0 amide bonds. The lowest BCUT2D eigenvalue weighted by atomic mass is 10.0. The summed E-state index contributed by atoms with van der Waals surface area (Å²) in [4.78, 5) is 0. The smallest absolute Gasteiger partial charge is 0.119 e. The van der Waals surface area contributed by atoms with Crippen molar-refractivity contribution in [2.24, 2.45) is 5.73 Å². The van der Waals surface area contributed by atoms with Crippen molar-refractivity contribution in [3.63, 3.8) is 0 Å². The molecule has 2 nitrogen and oxygen atoms in total. The fraction of sp³-hybridized carbons (Fsp3) is 0.625. The third-order valence-corrected chi connectivity index (χ3v) is 3.25. The van der Waals surface area contributed by atoms with E-state index in [-0.39, 0.29) is 12.1 Å². The second-order valence-electron chi connectivity index (χ2n) is 4.91. The Bertz CT molecular complexity index is 320. The summed E-state index contributed by atoms with van der Waals surface area (Å²) in [7, 11) is 0. The molecular weight excluding hydrogens is 222 g/mol. The van der Waals surface area contributed by atoms with Gasteiger partial charge in [-0.1, -0.05) is 45.7 Å². The Morgan fingerprint density at radius 2 is 1.72 bits per heavy atom. The molecule has 2 heteroatoms. The van der Waals surface area contributed by atoms with Gasteiger partial charge in [-0.15, -0.1) is 0 Å². The molecule has 18 heavy (non-hydrogen) atoms. The zero-order valence-electron chi connectivity index (χ0n) is 12.0. The highest BCUT2D eigenvalue weighted by atomic mass is 16.5. The zero-order valence-corrected chi connectivity index (χ0v) is 12.0. The average molecular weight is 249 g/mol. The van der Waals surface area contributed by atoms with Crippen molar-refractivity contribution in [2.75, 3.05) is 0 Å². The van der Waals surface area contributed by atoms with Crippen LogP contribution in [-0.2, 0) is 6.42 Å². The lowest BCUT2D eigenvalue weighted by molar-refractivity contribution is 0.161. The quantitative estimate of drug-likeness (QED) is 0.757. The molecule has 1 rings (SSSR count). The van der Waals surface area contributed by atoms with E-state index in [1.165, 1.54) is 12.0 Å². The highest BCUT2D eigenvalue weighted by molar-refractivity contribution is 5.27. The van der Waals surface area contributed by atoms with Gasteiger partial charge in [-0.3, -0.25) is 0 Å². The van der Waals surface area contributed by atoms with Gasteiger partial charge < -0.3 is 10.5 Å². The summed E-state index contributed by atoms with van der Waals surface area (Å²) in [5, 5.41) is 0. The van der Waals surface area contributed by atoms with Gasteiger partial charge in [0.05, 0.1) is 0 Å². The maximum absolute atomic E-state index is 6.14. The highest BCUT2D eigenvalue weighted by Crippen LogP contribution is 2.18. The van der Waals surface area contributed by atoms with Crippen LogP contribution in [0.4, 0.5) is 0 Å². The predicted molar refractivity (Wildman–Crippen MR) is 78.0 cm³/mol. The fourth-order valence-corrected chi connectivity index (χ4v) is 2.19. The monoisotopic (exact) mass is 249 g/mol. The molecule has 0 aliphatic rings. The van der Waals surface area contributed by atoms with E-state index in [0.29, 0.717) is 0 Å². The highest BCUT2D eigenvalue weighted by Gasteiger charge is 2.16. The van der Waals surface area contributed by atoms with Crippen LogP contribution in [0.15, 0.2) is 24.3 Å². The van der Waals surface area contributed by atoms with E-state index >= 15 is 0 Å². The molecule has 0 spiro atoms. The first kappa shape index (κ1) is 15.0. The lowest BCUT2D eigenvalue weighted by Crippen LogP contribution is -2.38. The van der Waals surface area contributed by atoms with Gasteiger partial charge in [0.2, 0.25) is 0 Å². The van der Waals surface area contributed by atoms with Gasteiger partial charge in [0, 0.05) is 6.04 Å². The van der Waals surface area contributed by atoms with Crippen molar-refractivity contribution in [3.8, 4) is 5.75 Å². The van der Waals surface area contributed by atoms with E-state index in [0.717, 1.165) is 31.4 Å². The molecule has 102 valence electrons. The maximum atomic E-state index is 6.14. The minimum atomic E-state index is 0.127. The summed E-state index contributed by atoms with van der Waals surface area (Å²) in [5.74, 6) is 0.938.